The fraction of sp³-hybridized carbons (Fsp3) is 0.412. The molecule has 2 amide bonds. The highest BCUT2D eigenvalue weighted by molar-refractivity contribution is 5.72. The Bertz CT molecular complexity index is 578. The second-order valence-corrected chi connectivity index (χ2v) is 6.21. The molecule has 1 heterocycles. The minimum atomic E-state index is -0.545. The molecule has 1 aliphatic rings. The summed E-state index contributed by atoms with van der Waals surface area (Å²) < 4.78 is 10.5. The van der Waals surface area contributed by atoms with E-state index >= 15 is 0 Å². The topological polar surface area (TPSA) is 59.1 Å². The number of benzene rings is 1. The lowest BCUT2D eigenvalue weighted by molar-refractivity contribution is 0.0300. The Balaban J connectivity index is 1.83. The van der Waals surface area contributed by atoms with Crippen molar-refractivity contribution in [2.45, 2.75) is 33.0 Å². The molecule has 0 bridgehead atoms. The third-order valence-electron chi connectivity index (χ3n) is 3.08. The predicted molar refractivity (Wildman–Crippen MR) is 85.4 cm³/mol. The Morgan fingerprint density at radius 2 is 1.57 bits per heavy atom. The van der Waals surface area contributed by atoms with Crippen LogP contribution in [0, 0.1) is 0 Å². The maximum atomic E-state index is 12.0. The highest BCUT2D eigenvalue weighted by Gasteiger charge is 2.25. The zero-order valence-electron chi connectivity index (χ0n) is 13.7. The lowest BCUT2D eigenvalue weighted by atomic mass is 10.2. The lowest BCUT2D eigenvalue weighted by Gasteiger charge is -2.30. The van der Waals surface area contributed by atoms with Crippen molar-refractivity contribution in [3.63, 3.8) is 0 Å². The second kappa shape index (κ2) is 7.17. The van der Waals surface area contributed by atoms with Gasteiger partial charge in [-0.3, -0.25) is 9.80 Å². The van der Waals surface area contributed by atoms with Crippen LogP contribution in [0.1, 0.15) is 26.3 Å². The molecule has 0 fully saturated rings. The van der Waals surface area contributed by atoms with Crippen LogP contribution in [0.15, 0.2) is 42.7 Å². The summed E-state index contributed by atoms with van der Waals surface area (Å²) in [5.74, 6) is 0. The monoisotopic (exact) mass is 318 g/mol. The Hall–Kier alpha value is -2.50. The van der Waals surface area contributed by atoms with Crippen LogP contribution in [0.25, 0.3) is 0 Å². The Morgan fingerprint density at radius 1 is 1.00 bits per heavy atom. The number of carbonyl (C=O) groups is 2. The number of nitrogens with zero attached hydrogens (tertiary/aromatic N) is 2. The summed E-state index contributed by atoms with van der Waals surface area (Å²) in [6.07, 6.45) is 2.20. The molecule has 1 aliphatic heterocycles. The number of carbonyl (C=O) groups excluding carboxylic acids is 2. The Kier molecular flexibility index (Phi) is 5.26. The summed E-state index contributed by atoms with van der Waals surface area (Å²) >= 11 is 0. The van der Waals surface area contributed by atoms with E-state index in [1.54, 1.807) is 0 Å². The standard InChI is InChI=1S/C17H22N2O4/c1-17(2,3)23-16(21)19-11-9-18(10-12-19)15(20)22-13-14-7-5-4-6-8-14/h4-9,11H,10,12-13H2,1-3H3. The lowest BCUT2D eigenvalue weighted by Crippen LogP contribution is -2.42. The summed E-state index contributed by atoms with van der Waals surface area (Å²) in [5, 5.41) is 0. The average Bonchev–Trinajstić information content (AvgIpc) is 2.52. The van der Waals surface area contributed by atoms with Crippen molar-refractivity contribution >= 4 is 12.2 Å². The number of hydrogen-bond donors (Lipinski definition) is 0. The minimum absolute atomic E-state index is 0.222. The fourth-order valence-corrected chi connectivity index (χ4v) is 1.95. The number of amides is 2. The molecular weight excluding hydrogens is 296 g/mol. The van der Waals surface area contributed by atoms with E-state index in [1.165, 1.54) is 22.2 Å². The van der Waals surface area contributed by atoms with Gasteiger partial charge in [-0.1, -0.05) is 30.3 Å². The molecule has 0 N–H and O–H groups in total. The molecule has 2 rings (SSSR count). The van der Waals surface area contributed by atoms with E-state index in [1.807, 2.05) is 51.1 Å². The van der Waals surface area contributed by atoms with Crippen LogP contribution in [0.2, 0.25) is 0 Å². The first-order chi connectivity index (χ1) is 10.8. The van der Waals surface area contributed by atoms with Crippen LogP contribution >= 0.6 is 0 Å². The van der Waals surface area contributed by atoms with Crippen LogP contribution in [-0.2, 0) is 16.1 Å². The van der Waals surface area contributed by atoms with Gasteiger partial charge in [-0.2, -0.15) is 0 Å². The van der Waals surface area contributed by atoms with Crippen LogP contribution in [0.5, 0.6) is 0 Å². The van der Waals surface area contributed by atoms with E-state index in [0.29, 0.717) is 13.1 Å². The molecule has 0 atom stereocenters. The van der Waals surface area contributed by atoms with Crippen molar-refractivity contribution in [1.82, 2.24) is 9.80 Å². The molecule has 0 saturated carbocycles. The van der Waals surface area contributed by atoms with E-state index in [9.17, 15) is 9.59 Å². The van der Waals surface area contributed by atoms with Crippen molar-refractivity contribution in [3.05, 3.63) is 48.3 Å². The van der Waals surface area contributed by atoms with Crippen molar-refractivity contribution in [3.8, 4) is 0 Å². The van der Waals surface area contributed by atoms with Gasteiger partial charge in [0, 0.05) is 25.5 Å². The number of hydrogen-bond acceptors (Lipinski definition) is 4. The van der Waals surface area contributed by atoms with Crippen LogP contribution in [0.3, 0.4) is 0 Å². The molecule has 124 valence electrons. The first kappa shape index (κ1) is 16.9. The smallest absolute Gasteiger partial charge is 0.414 e. The fourth-order valence-electron chi connectivity index (χ4n) is 1.95. The van der Waals surface area contributed by atoms with E-state index in [2.05, 4.69) is 0 Å². The largest absolute Gasteiger partial charge is 0.444 e. The molecule has 0 unspecified atom stereocenters. The van der Waals surface area contributed by atoms with E-state index in [-0.39, 0.29) is 6.61 Å². The molecular formula is C17H22N2O4. The van der Waals surface area contributed by atoms with Gasteiger partial charge in [-0.05, 0) is 26.3 Å². The first-order valence-corrected chi connectivity index (χ1v) is 7.50. The van der Waals surface area contributed by atoms with E-state index in [4.69, 9.17) is 9.47 Å². The SMILES string of the molecule is CC(C)(C)OC(=O)N1C=CN(C(=O)OCc2ccccc2)CC1. The summed E-state index contributed by atoms with van der Waals surface area (Å²) in [6, 6.07) is 9.47. The third kappa shape index (κ3) is 5.32. The van der Waals surface area contributed by atoms with Gasteiger partial charge < -0.3 is 9.47 Å². The molecule has 0 saturated heterocycles. The van der Waals surface area contributed by atoms with E-state index in [0.717, 1.165) is 5.56 Å². The van der Waals surface area contributed by atoms with E-state index < -0.39 is 17.8 Å². The maximum absolute atomic E-state index is 12.0. The second-order valence-electron chi connectivity index (χ2n) is 6.21. The van der Waals surface area contributed by atoms with Crippen molar-refractivity contribution in [2.75, 3.05) is 13.1 Å². The van der Waals surface area contributed by atoms with Crippen LogP contribution in [0.4, 0.5) is 9.59 Å². The molecule has 6 heteroatoms. The number of rotatable bonds is 2. The zero-order valence-corrected chi connectivity index (χ0v) is 13.7. The highest BCUT2D eigenvalue weighted by Crippen LogP contribution is 2.13. The molecule has 0 aliphatic carbocycles. The van der Waals surface area contributed by atoms with Gasteiger partial charge in [0.05, 0.1) is 0 Å². The molecule has 0 aromatic heterocycles. The van der Waals surface area contributed by atoms with Crippen LogP contribution in [-0.4, -0.2) is 40.7 Å². The molecule has 0 radical (unpaired) electrons. The quantitative estimate of drug-likeness (QED) is 0.839. The van der Waals surface area contributed by atoms with Gasteiger partial charge in [0.1, 0.15) is 12.2 Å². The minimum Gasteiger partial charge on any atom is -0.444 e. The highest BCUT2D eigenvalue weighted by atomic mass is 16.6. The first-order valence-electron chi connectivity index (χ1n) is 7.50. The van der Waals surface area contributed by atoms with Gasteiger partial charge in [0.25, 0.3) is 0 Å². The summed E-state index contributed by atoms with van der Waals surface area (Å²) in [6.45, 7) is 6.39. The molecule has 1 aromatic rings. The molecule has 1 aromatic carbocycles. The molecule has 6 nitrogen and oxygen atoms in total. The van der Waals surface area contributed by atoms with Crippen molar-refractivity contribution < 1.29 is 19.1 Å². The van der Waals surface area contributed by atoms with Crippen molar-refractivity contribution in [1.29, 1.82) is 0 Å². The van der Waals surface area contributed by atoms with Gasteiger partial charge in [-0.25, -0.2) is 9.59 Å². The summed E-state index contributed by atoms with van der Waals surface area (Å²) in [4.78, 5) is 26.8. The Labute approximate surface area is 136 Å². The predicted octanol–water partition coefficient (Wildman–Crippen LogP) is 3.35. The third-order valence-corrected chi connectivity index (χ3v) is 3.08. The van der Waals surface area contributed by atoms with Gasteiger partial charge in [-0.15, -0.1) is 0 Å². The van der Waals surface area contributed by atoms with Crippen molar-refractivity contribution in [2.24, 2.45) is 0 Å². The van der Waals surface area contributed by atoms with Gasteiger partial charge >= 0.3 is 12.2 Å². The maximum Gasteiger partial charge on any atom is 0.414 e. The summed E-state index contributed by atoms with van der Waals surface area (Å²) in [7, 11) is 0. The zero-order chi connectivity index (χ0) is 16.9. The van der Waals surface area contributed by atoms with Gasteiger partial charge in [0.2, 0.25) is 0 Å². The normalized spacial score (nSPS) is 14.6. The average molecular weight is 318 g/mol. The number of ether oxygens (including phenoxy) is 2. The Morgan fingerprint density at radius 3 is 2.09 bits per heavy atom. The van der Waals surface area contributed by atoms with Gasteiger partial charge in [0.15, 0.2) is 0 Å². The summed E-state index contributed by atoms with van der Waals surface area (Å²) in [5.41, 5.74) is 0.383. The van der Waals surface area contributed by atoms with Crippen LogP contribution < -0.4 is 0 Å². The molecule has 23 heavy (non-hydrogen) atoms. The molecule has 0 spiro atoms.